The fourth-order valence-electron chi connectivity index (χ4n) is 4.42. The first-order chi connectivity index (χ1) is 13.5. The average molecular weight is 395 g/mol. The minimum atomic E-state index is -0.00914. The van der Waals surface area contributed by atoms with Gasteiger partial charge in [0.1, 0.15) is 12.4 Å². The molecule has 0 atom stereocenters. The SMILES string of the molecule is Cc1ccc(OCc2ccc(C(=O)NC3CC(C)(C)NC(C)(C)C3)cc2)cc1C. The number of piperidine rings is 1. The Hall–Kier alpha value is -2.33. The molecular weight excluding hydrogens is 360 g/mol. The highest BCUT2D eigenvalue weighted by atomic mass is 16.5. The van der Waals surface area contributed by atoms with Crippen LogP contribution in [0.15, 0.2) is 42.5 Å². The Morgan fingerprint density at radius 3 is 2.21 bits per heavy atom. The molecule has 156 valence electrons. The van der Waals surface area contributed by atoms with Crippen molar-refractivity contribution < 1.29 is 9.53 Å². The molecule has 0 saturated carbocycles. The van der Waals surface area contributed by atoms with Crippen LogP contribution in [0.2, 0.25) is 0 Å². The Morgan fingerprint density at radius 2 is 1.62 bits per heavy atom. The van der Waals surface area contributed by atoms with E-state index in [1.54, 1.807) is 0 Å². The van der Waals surface area contributed by atoms with Gasteiger partial charge in [0.2, 0.25) is 0 Å². The lowest BCUT2D eigenvalue weighted by Crippen LogP contribution is -2.62. The largest absolute Gasteiger partial charge is 0.489 e. The van der Waals surface area contributed by atoms with Gasteiger partial charge in [-0.3, -0.25) is 4.79 Å². The number of ether oxygens (including phenoxy) is 1. The number of benzene rings is 2. The molecule has 3 rings (SSSR count). The second kappa shape index (κ2) is 8.19. The van der Waals surface area contributed by atoms with Crippen molar-refractivity contribution in [1.29, 1.82) is 0 Å². The van der Waals surface area contributed by atoms with Gasteiger partial charge >= 0.3 is 0 Å². The molecule has 1 aliphatic heterocycles. The molecule has 4 heteroatoms. The Bertz CT molecular complexity index is 853. The first-order valence-corrected chi connectivity index (χ1v) is 10.4. The first-order valence-electron chi connectivity index (χ1n) is 10.4. The van der Waals surface area contributed by atoms with Gasteiger partial charge in [-0.25, -0.2) is 0 Å². The summed E-state index contributed by atoms with van der Waals surface area (Å²) >= 11 is 0. The van der Waals surface area contributed by atoms with Crippen molar-refractivity contribution in [1.82, 2.24) is 10.6 Å². The van der Waals surface area contributed by atoms with Gasteiger partial charge in [-0.2, -0.15) is 0 Å². The number of aryl methyl sites for hydroxylation is 2. The van der Waals surface area contributed by atoms with E-state index in [0.717, 1.165) is 24.2 Å². The Kier molecular flexibility index (Phi) is 6.04. The summed E-state index contributed by atoms with van der Waals surface area (Å²) in [5.41, 5.74) is 4.23. The number of nitrogens with one attached hydrogen (secondary N) is 2. The molecule has 1 amide bonds. The van der Waals surface area contributed by atoms with E-state index in [4.69, 9.17) is 4.74 Å². The minimum absolute atomic E-state index is 0.00914. The van der Waals surface area contributed by atoms with E-state index in [1.165, 1.54) is 11.1 Å². The van der Waals surface area contributed by atoms with Gasteiger partial charge in [0, 0.05) is 22.7 Å². The van der Waals surface area contributed by atoms with Crippen molar-refractivity contribution >= 4 is 5.91 Å². The van der Waals surface area contributed by atoms with Crippen LogP contribution in [0.5, 0.6) is 5.75 Å². The summed E-state index contributed by atoms with van der Waals surface area (Å²) in [6.07, 6.45) is 1.84. The molecule has 0 aliphatic carbocycles. The van der Waals surface area contributed by atoms with Gasteiger partial charge < -0.3 is 15.4 Å². The van der Waals surface area contributed by atoms with Crippen LogP contribution >= 0.6 is 0 Å². The van der Waals surface area contributed by atoms with Gasteiger partial charge in [-0.05, 0) is 95.3 Å². The maximum atomic E-state index is 12.7. The third kappa shape index (κ3) is 5.83. The van der Waals surface area contributed by atoms with Crippen molar-refractivity contribution in [2.24, 2.45) is 0 Å². The van der Waals surface area contributed by atoms with Crippen LogP contribution in [-0.4, -0.2) is 23.0 Å². The summed E-state index contributed by atoms with van der Waals surface area (Å²) in [5.74, 6) is 0.858. The molecule has 4 nitrogen and oxygen atoms in total. The number of carbonyl (C=O) groups excluding carboxylic acids is 1. The zero-order chi connectivity index (χ0) is 21.2. The predicted molar refractivity (Wildman–Crippen MR) is 118 cm³/mol. The molecule has 1 fully saturated rings. The van der Waals surface area contributed by atoms with Gasteiger partial charge in [0.15, 0.2) is 0 Å². The highest BCUT2D eigenvalue weighted by Crippen LogP contribution is 2.28. The molecule has 2 aromatic rings. The van der Waals surface area contributed by atoms with Crippen molar-refractivity contribution in [3.05, 3.63) is 64.7 Å². The molecule has 1 aliphatic rings. The van der Waals surface area contributed by atoms with E-state index >= 15 is 0 Å². The zero-order valence-electron chi connectivity index (χ0n) is 18.6. The Balaban J connectivity index is 1.58. The second-order valence-corrected chi connectivity index (χ2v) is 9.70. The summed E-state index contributed by atoms with van der Waals surface area (Å²) in [5, 5.41) is 6.88. The quantitative estimate of drug-likeness (QED) is 0.757. The molecular formula is C25H34N2O2. The molecule has 1 heterocycles. The molecule has 2 N–H and O–H groups in total. The van der Waals surface area contributed by atoms with E-state index in [0.29, 0.717) is 12.2 Å². The lowest BCUT2D eigenvalue weighted by atomic mass is 9.79. The number of rotatable bonds is 5. The van der Waals surface area contributed by atoms with Crippen LogP contribution in [0.3, 0.4) is 0 Å². The van der Waals surface area contributed by atoms with E-state index < -0.39 is 0 Å². The van der Waals surface area contributed by atoms with Crippen molar-refractivity contribution in [2.45, 2.75) is 78.1 Å². The molecule has 0 bridgehead atoms. The lowest BCUT2D eigenvalue weighted by Gasteiger charge is -2.46. The van der Waals surface area contributed by atoms with Crippen LogP contribution in [-0.2, 0) is 6.61 Å². The van der Waals surface area contributed by atoms with Crippen molar-refractivity contribution in [3.8, 4) is 5.75 Å². The van der Waals surface area contributed by atoms with E-state index in [1.807, 2.05) is 30.3 Å². The zero-order valence-corrected chi connectivity index (χ0v) is 18.6. The van der Waals surface area contributed by atoms with Gasteiger partial charge in [0.25, 0.3) is 5.91 Å². The van der Waals surface area contributed by atoms with E-state index in [-0.39, 0.29) is 23.0 Å². The van der Waals surface area contributed by atoms with E-state index in [9.17, 15) is 4.79 Å². The summed E-state index contributed by atoms with van der Waals surface area (Å²) < 4.78 is 5.89. The van der Waals surface area contributed by atoms with Crippen molar-refractivity contribution in [3.63, 3.8) is 0 Å². The fourth-order valence-corrected chi connectivity index (χ4v) is 4.42. The molecule has 0 aromatic heterocycles. The predicted octanol–water partition coefficient (Wildman–Crippen LogP) is 4.92. The molecule has 2 aromatic carbocycles. The van der Waals surface area contributed by atoms with Crippen LogP contribution < -0.4 is 15.4 Å². The second-order valence-electron chi connectivity index (χ2n) is 9.70. The molecule has 0 spiro atoms. The van der Waals surface area contributed by atoms with Gasteiger partial charge in [0.05, 0.1) is 0 Å². The number of amides is 1. The number of hydrogen-bond donors (Lipinski definition) is 2. The van der Waals surface area contributed by atoms with Gasteiger partial charge in [-0.1, -0.05) is 18.2 Å². The standard InChI is InChI=1S/C25H34N2O2/c1-17-7-12-22(13-18(17)2)29-16-19-8-10-20(11-9-19)23(28)26-21-14-24(3,4)27-25(5,6)15-21/h7-13,21,27H,14-16H2,1-6H3,(H,26,28). The third-order valence-electron chi connectivity index (χ3n) is 5.63. The fraction of sp³-hybridized carbons (Fsp3) is 0.480. The van der Waals surface area contributed by atoms with Crippen LogP contribution in [0.25, 0.3) is 0 Å². The van der Waals surface area contributed by atoms with Crippen LogP contribution in [0.4, 0.5) is 0 Å². The topological polar surface area (TPSA) is 50.4 Å². The third-order valence-corrected chi connectivity index (χ3v) is 5.63. The summed E-state index contributed by atoms with van der Waals surface area (Å²) in [4.78, 5) is 12.7. The minimum Gasteiger partial charge on any atom is -0.489 e. The summed E-state index contributed by atoms with van der Waals surface area (Å²) in [7, 11) is 0. The Labute approximate surface area is 175 Å². The summed E-state index contributed by atoms with van der Waals surface area (Å²) in [6.45, 7) is 13.4. The summed E-state index contributed by atoms with van der Waals surface area (Å²) in [6, 6.07) is 14.0. The lowest BCUT2D eigenvalue weighted by molar-refractivity contribution is 0.0873. The first kappa shape index (κ1) is 21.4. The van der Waals surface area contributed by atoms with Crippen molar-refractivity contribution in [2.75, 3.05) is 0 Å². The number of hydrogen-bond acceptors (Lipinski definition) is 3. The molecule has 0 radical (unpaired) electrons. The average Bonchev–Trinajstić information content (AvgIpc) is 2.60. The number of carbonyl (C=O) groups is 1. The molecule has 1 saturated heterocycles. The highest BCUT2D eigenvalue weighted by Gasteiger charge is 2.38. The molecule has 0 unspecified atom stereocenters. The highest BCUT2D eigenvalue weighted by molar-refractivity contribution is 5.94. The monoisotopic (exact) mass is 394 g/mol. The van der Waals surface area contributed by atoms with Crippen LogP contribution in [0, 0.1) is 13.8 Å². The van der Waals surface area contributed by atoms with Gasteiger partial charge in [-0.15, -0.1) is 0 Å². The smallest absolute Gasteiger partial charge is 0.251 e. The maximum absolute atomic E-state index is 12.7. The Morgan fingerprint density at radius 1 is 1.00 bits per heavy atom. The van der Waals surface area contributed by atoms with E-state index in [2.05, 4.69) is 64.3 Å². The van der Waals surface area contributed by atoms with Crippen LogP contribution in [0.1, 0.15) is 67.6 Å². The maximum Gasteiger partial charge on any atom is 0.251 e. The molecule has 29 heavy (non-hydrogen) atoms. The normalized spacial score (nSPS) is 18.3.